The SMILES string of the molecule is COC[C@H]1C(=O)N(Cc2cc3cnccc3[nH]2)CCN1Cc1ccc(-c2ccc(Cl)s2)cc1. The molecule has 1 aliphatic heterocycles. The average molecular weight is 481 g/mol. The first-order valence-corrected chi connectivity index (χ1v) is 12.1. The molecule has 1 N–H and O–H groups in total. The van der Waals surface area contributed by atoms with Crippen molar-refractivity contribution in [2.24, 2.45) is 0 Å². The molecule has 0 saturated carbocycles. The first-order chi connectivity index (χ1) is 16.1. The highest BCUT2D eigenvalue weighted by Crippen LogP contribution is 2.31. The van der Waals surface area contributed by atoms with Gasteiger partial charge in [0.25, 0.3) is 0 Å². The van der Waals surface area contributed by atoms with Gasteiger partial charge < -0.3 is 14.6 Å². The zero-order valence-corrected chi connectivity index (χ0v) is 19.9. The lowest BCUT2D eigenvalue weighted by atomic mass is 10.1. The average Bonchev–Trinajstić information content (AvgIpc) is 3.44. The van der Waals surface area contributed by atoms with Gasteiger partial charge in [-0.15, -0.1) is 11.3 Å². The van der Waals surface area contributed by atoms with E-state index in [-0.39, 0.29) is 11.9 Å². The van der Waals surface area contributed by atoms with Crippen LogP contribution in [0.15, 0.2) is 60.9 Å². The van der Waals surface area contributed by atoms with Crippen LogP contribution < -0.4 is 0 Å². The molecular formula is C25H25ClN4O2S. The standard InChI is InChI=1S/C25H25ClN4O2S/c1-32-16-22-25(31)30(15-20-12-19-13-27-9-8-21(19)28-20)11-10-29(22)14-17-2-4-18(5-3-17)23-6-7-24(26)33-23/h2-9,12-13,22,28H,10-11,14-16H2,1H3/t22-/m0/s1. The van der Waals surface area contributed by atoms with E-state index >= 15 is 0 Å². The largest absolute Gasteiger partial charge is 0.383 e. The summed E-state index contributed by atoms with van der Waals surface area (Å²) in [6.07, 6.45) is 3.60. The second-order valence-corrected chi connectivity index (χ2v) is 9.97. The summed E-state index contributed by atoms with van der Waals surface area (Å²) in [6.45, 7) is 3.11. The first-order valence-electron chi connectivity index (χ1n) is 10.9. The van der Waals surface area contributed by atoms with E-state index < -0.39 is 0 Å². The van der Waals surface area contributed by atoms with Gasteiger partial charge >= 0.3 is 0 Å². The number of carbonyl (C=O) groups is 1. The molecule has 1 amide bonds. The highest BCUT2D eigenvalue weighted by Gasteiger charge is 2.34. The summed E-state index contributed by atoms with van der Waals surface area (Å²) < 4.78 is 6.22. The second kappa shape index (κ2) is 9.65. The number of thiophene rings is 1. The number of hydrogen-bond donors (Lipinski definition) is 1. The van der Waals surface area contributed by atoms with E-state index in [1.54, 1.807) is 24.6 Å². The molecule has 170 valence electrons. The molecule has 0 spiro atoms. The van der Waals surface area contributed by atoms with Crippen molar-refractivity contribution in [1.82, 2.24) is 19.8 Å². The van der Waals surface area contributed by atoms with E-state index in [0.717, 1.165) is 37.9 Å². The third kappa shape index (κ3) is 4.82. The van der Waals surface area contributed by atoms with Crippen LogP contribution in [0.5, 0.6) is 0 Å². The van der Waals surface area contributed by atoms with Crippen molar-refractivity contribution in [3.8, 4) is 10.4 Å². The molecule has 8 heteroatoms. The summed E-state index contributed by atoms with van der Waals surface area (Å²) in [6, 6.07) is 16.2. The number of carbonyl (C=O) groups excluding carboxylic acids is 1. The molecule has 0 radical (unpaired) electrons. The molecule has 4 heterocycles. The maximum Gasteiger partial charge on any atom is 0.242 e. The number of methoxy groups -OCH3 is 1. The van der Waals surface area contributed by atoms with E-state index in [4.69, 9.17) is 16.3 Å². The van der Waals surface area contributed by atoms with Crippen molar-refractivity contribution in [2.45, 2.75) is 19.1 Å². The van der Waals surface area contributed by atoms with Crippen molar-refractivity contribution < 1.29 is 9.53 Å². The summed E-state index contributed by atoms with van der Waals surface area (Å²) >= 11 is 7.65. The molecule has 1 aliphatic rings. The van der Waals surface area contributed by atoms with Crippen molar-refractivity contribution in [3.05, 3.63) is 76.5 Å². The van der Waals surface area contributed by atoms with Gasteiger partial charge in [0.15, 0.2) is 0 Å². The van der Waals surface area contributed by atoms with Gasteiger partial charge in [0.2, 0.25) is 5.91 Å². The van der Waals surface area contributed by atoms with Gasteiger partial charge in [-0.3, -0.25) is 14.7 Å². The van der Waals surface area contributed by atoms with Crippen molar-refractivity contribution in [1.29, 1.82) is 0 Å². The van der Waals surface area contributed by atoms with Gasteiger partial charge in [-0.1, -0.05) is 35.9 Å². The molecule has 0 bridgehead atoms. The Morgan fingerprint density at radius 3 is 2.73 bits per heavy atom. The second-order valence-electron chi connectivity index (χ2n) is 8.26. The number of pyridine rings is 1. The molecular weight excluding hydrogens is 456 g/mol. The number of nitrogens with zero attached hydrogens (tertiary/aromatic N) is 3. The van der Waals surface area contributed by atoms with E-state index in [9.17, 15) is 4.79 Å². The van der Waals surface area contributed by atoms with Crippen molar-refractivity contribution in [3.63, 3.8) is 0 Å². The molecule has 1 atom stereocenters. The Hall–Kier alpha value is -2.71. The number of nitrogens with one attached hydrogen (secondary N) is 1. The molecule has 0 aliphatic carbocycles. The van der Waals surface area contributed by atoms with E-state index in [1.807, 2.05) is 29.3 Å². The van der Waals surface area contributed by atoms with Crippen LogP contribution in [-0.2, 0) is 22.6 Å². The number of aromatic nitrogens is 2. The quantitative estimate of drug-likeness (QED) is 0.412. The number of hydrogen-bond acceptors (Lipinski definition) is 5. The molecule has 1 fully saturated rings. The van der Waals surface area contributed by atoms with E-state index in [2.05, 4.69) is 45.2 Å². The maximum absolute atomic E-state index is 13.3. The number of amides is 1. The number of fused-ring (bicyclic) bond motifs is 1. The van der Waals surface area contributed by atoms with Crippen LogP contribution >= 0.6 is 22.9 Å². The summed E-state index contributed by atoms with van der Waals surface area (Å²) in [5.74, 6) is 0.102. The van der Waals surface area contributed by atoms with Crippen LogP contribution in [0, 0.1) is 0 Å². The van der Waals surface area contributed by atoms with Gasteiger partial charge in [0, 0.05) is 60.6 Å². The monoisotopic (exact) mass is 480 g/mol. The summed E-state index contributed by atoms with van der Waals surface area (Å²) in [7, 11) is 1.65. The highest BCUT2D eigenvalue weighted by atomic mass is 35.5. The van der Waals surface area contributed by atoms with Crippen LogP contribution in [0.1, 0.15) is 11.3 Å². The van der Waals surface area contributed by atoms with Crippen molar-refractivity contribution >= 4 is 39.7 Å². The number of H-pyrrole nitrogens is 1. The Kier molecular flexibility index (Phi) is 6.46. The summed E-state index contributed by atoms with van der Waals surface area (Å²) in [4.78, 5) is 26.2. The number of aromatic amines is 1. The zero-order valence-electron chi connectivity index (χ0n) is 18.3. The molecule has 1 aromatic carbocycles. The number of piperazine rings is 1. The van der Waals surface area contributed by atoms with Crippen LogP contribution in [0.2, 0.25) is 4.34 Å². The van der Waals surface area contributed by atoms with Crippen molar-refractivity contribution in [2.75, 3.05) is 26.8 Å². The smallest absolute Gasteiger partial charge is 0.242 e. The number of rotatable bonds is 7. The van der Waals surface area contributed by atoms with Gasteiger partial charge in [-0.25, -0.2) is 0 Å². The predicted molar refractivity (Wildman–Crippen MR) is 132 cm³/mol. The van der Waals surface area contributed by atoms with Crippen LogP contribution in [-0.4, -0.2) is 58.5 Å². The fourth-order valence-corrected chi connectivity index (χ4v) is 5.41. The maximum atomic E-state index is 13.3. The minimum atomic E-state index is -0.300. The molecule has 3 aromatic heterocycles. The summed E-state index contributed by atoms with van der Waals surface area (Å²) in [5, 5.41) is 1.06. The van der Waals surface area contributed by atoms with Crippen LogP contribution in [0.4, 0.5) is 0 Å². The van der Waals surface area contributed by atoms with E-state index in [0.29, 0.717) is 26.2 Å². The fraction of sp³-hybridized carbons (Fsp3) is 0.280. The Morgan fingerprint density at radius 1 is 1.15 bits per heavy atom. The Labute approximate surface area is 201 Å². The van der Waals surface area contributed by atoms with Crippen LogP contribution in [0.3, 0.4) is 0 Å². The molecule has 1 saturated heterocycles. The molecule has 0 unspecified atom stereocenters. The fourth-order valence-electron chi connectivity index (χ4n) is 4.36. The third-order valence-corrected chi connectivity index (χ3v) is 7.33. The normalized spacial score (nSPS) is 17.2. The molecule has 5 rings (SSSR count). The molecule has 6 nitrogen and oxygen atoms in total. The van der Waals surface area contributed by atoms with Gasteiger partial charge in [-0.2, -0.15) is 0 Å². The van der Waals surface area contributed by atoms with Gasteiger partial charge in [0.05, 0.1) is 17.5 Å². The minimum Gasteiger partial charge on any atom is -0.383 e. The Morgan fingerprint density at radius 2 is 2.00 bits per heavy atom. The van der Waals surface area contributed by atoms with Gasteiger partial charge in [0.1, 0.15) is 6.04 Å². The number of ether oxygens (including phenoxy) is 1. The van der Waals surface area contributed by atoms with Crippen LogP contribution in [0.25, 0.3) is 21.3 Å². The highest BCUT2D eigenvalue weighted by molar-refractivity contribution is 7.19. The minimum absolute atomic E-state index is 0.102. The third-order valence-electron chi connectivity index (χ3n) is 6.05. The zero-order chi connectivity index (χ0) is 22.8. The molecule has 4 aromatic rings. The predicted octanol–water partition coefficient (Wildman–Crippen LogP) is 4.80. The number of benzene rings is 1. The lowest BCUT2D eigenvalue weighted by Crippen LogP contribution is -2.57. The lowest BCUT2D eigenvalue weighted by molar-refractivity contribution is -0.145. The number of halogens is 1. The molecule has 33 heavy (non-hydrogen) atoms. The Balaban J connectivity index is 1.27. The first kappa shape index (κ1) is 22.1. The Bertz CT molecular complexity index is 1220. The van der Waals surface area contributed by atoms with Gasteiger partial charge in [-0.05, 0) is 35.4 Å². The summed E-state index contributed by atoms with van der Waals surface area (Å²) in [5.41, 5.74) is 4.37. The van der Waals surface area contributed by atoms with E-state index in [1.165, 1.54) is 5.56 Å². The topological polar surface area (TPSA) is 61.5 Å². The lowest BCUT2D eigenvalue weighted by Gasteiger charge is -2.40.